The maximum atomic E-state index is 6.41. The van der Waals surface area contributed by atoms with Crippen LogP contribution in [-0.4, -0.2) is 7.11 Å². The fraction of sp³-hybridized carbons (Fsp3) is 0.647. The molecule has 1 aromatic rings. The lowest BCUT2D eigenvalue weighted by atomic mass is 9.89. The van der Waals surface area contributed by atoms with E-state index in [9.17, 15) is 0 Å². The minimum absolute atomic E-state index is 0.0802. The lowest BCUT2D eigenvalue weighted by molar-refractivity contribution is 0.371. The van der Waals surface area contributed by atoms with Gasteiger partial charge in [0.2, 0.25) is 0 Å². The van der Waals surface area contributed by atoms with Crippen molar-refractivity contribution in [3.05, 3.63) is 29.3 Å². The summed E-state index contributed by atoms with van der Waals surface area (Å²) in [5, 5.41) is 0. The van der Waals surface area contributed by atoms with Crippen molar-refractivity contribution in [1.82, 2.24) is 0 Å². The summed E-state index contributed by atoms with van der Waals surface area (Å²) in [5.74, 6) is 1.64. The molecule has 1 aromatic carbocycles. The van der Waals surface area contributed by atoms with E-state index in [0.29, 0.717) is 0 Å². The molecule has 108 valence electrons. The highest BCUT2D eigenvalue weighted by Crippen LogP contribution is 2.31. The Kier molecular flexibility index (Phi) is 6.93. The van der Waals surface area contributed by atoms with Crippen LogP contribution in [-0.2, 0) is 0 Å². The van der Waals surface area contributed by atoms with E-state index in [1.807, 2.05) is 6.07 Å². The molecule has 0 aliphatic rings. The van der Waals surface area contributed by atoms with Crippen LogP contribution in [0.25, 0.3) is 0 Å². The normalized spacial score (nSPS) is 14.2. The number of benzene rings is 1. The molecule has 2 atom stereocenters. The molecule has 0 aromatic heterocycles. The second-order valence-corrected chi connectivity index (χ2v) is 5.50. The molecule has 2 nitrogen and oxygen atoms in total. The first-order chi connectivity index (χ1) is 9.12. The molecule has 0 saturated carbocycles. The molecular weight excluding hydrogens is 234 g/mol. The molecule has 0 spiro atoms. The van der Waals surface area contributed by atoms with Gasteiger partial charge in [-0.05, 0) is 25.3 Å². The van der Waals surface area contributed by atoms with E-state index in [0.717, 1.165) is 23.7 Å². The molecule has 0 aliphatic heterocycles. The second kappa shape index (κ2) is 8.21. The summed E-state index contributed by atoms with van der Waals surface area (Å²) in [6, 6.07) is 6.34. The largest absolute Gasteiger partial charge is 0.496 e. The molecule has 2 unspecified atom stereocenters. The van der Waals surface area contributed by atoms with Gasteiger partial charge in [0, 0.05) is 11.6 Å². The summed E-state index contributed by atoms with van der Waals surface area (Å²) >= 11 is 0. The molecule has 1 rings (SSSR count). The molecule has 0 bridgehead atoms. The second-order valence-electron chi connectivity index (χ2n) is 5.50. The highest BCUT2D eigenvalue weighted by Gasteiger charge is 2.16. The van der Waals surface area contributed by atoms with Gasteiger partial charge in [0.1, 0.15) is 5.75 Å². The topological polar surface area (TPSA) is 35.2 Å². The van der Waals surface area contributed by atoms with Crippen LogP contribution in [0.15, 0.2) is 18.2 Å². The van der Waals surface area contributed by atoms with Gasteiger partial charge in [-0.3, -0.25) is 0 Å². The van der Waals surface area contributed by atoms with Crippen molar-refractivity contribution in [3.63, 3.8) is 0 Å². The standard InChI is InChI=1S/C17H29NO/c1-5-7-8-14(6-2)12-16(18)15-11-13(3)9-10-17(15)19-4/h9-11,14,16H,5-8,12,18H2,1-4H3. The summed E-state index contributed by atoms with van der Waals surface area (Å²) in [6.45, 7) is 6.61. The first-order valence-corrected chi connectivity index (χ1v) is 7.52. The SMILES string of the molecule is CCCCC(CC)CC(N)c1cc(C)ccc1OC. The average Bonchev–Trinajstić information content (AvgIpc) is 2.43. The minimum atomic E-state index is 0.0802. The third-order valence-corrected chi connectivity index (χ3v) is 3.92. The van der Waals surface area contributed by atoms with Gasteiger partial charge in [-0.2, -0.15) is 0 Å². The predicted octanol–water partition coefficient (Wildman–Crippen LogP) is 4.61. The zero-order valence-electron chi connectivity index (χ0n) is 12.9. The van der Waals surface area contributed by atoms with Crippen molar-refractivity contribution in [2.75, 3.05) is 7.11 Å². The molecule has 0 radical (unpaired) electrons. The maximum absolute atomic E-state index is 6.41. The van der Waals surface area contributed by atoms with Gasteiger partial charge in [0.15, 0.2) is 0 Å². The summed E-state index contributed by atoms with van der Waals surface area (Å²) < 4.78 is 5.44. The van der Waals surface area contributed by atoms with Crippen LogP contribution in [0.1, 0.15) is 63.1 Å². The van der Waals surface area contributed by atoms with Gasteiger partial charge in [-0.1, -0.05) is 57.2 Å². The summed E-state index contributed by atoms with van der Waals surface area (Å²) in [5.41, 5.74) is 8.80. The molecule has 2 N–H and O–H groups in total. The van der Waals surface area contributed by atoms with Crippen molar-refractivity contribution in [2.24, 2.45) is 11.7 Å². The zero-order valence-corrected chi connectivity index (χ0v) is 12.9. The Morgan fingerprint density at radius 1 is 1.26 bits per heavy atom. The number of methoxy groups -OCH3 is 1. The van der Waals surface area contributed by atoms with Crippen molar-refractivity contribution in [1.29, 1.82) is 0 Å². The fourth-order valence-electron chi connectivity index (χ4n) is 2.61. The van der Waals surface area contributed by atoms with Gasteiger partial charge in [-0.15, -0.1) is 0 Å². The highest BCUT2D eigenvalue weighted by atomic mass is 16.5. The van der Waals surface area contributed by atoms with Crippen molar-refractivity contribution < 1.29 is 4.74 Å². The predicted molar refractivity (Wildman–Crippen MR) is 82.6 cm³/mol. The Bertz CT molecular complexity index is 376. The van der Waals surface area contributed by atoms with E-state index >= 15 is 0 Å². The van der Waals surface area contributed by atoms with Crippen molar-refractivity contribution >= 4 is 0 Å². The molecule has 19 heavy (non-hydrogen) atoms. The third kappa shape index (κ3) is 4.87. The first-order valence-electron chi connectivity index (χ1n) is 7.52. The number of ether oxygens (including phenoxy) is 1. The summed E-state index contributed by atoms with van der Waals surface area (Å²) in [4.78, 5) is 0. The van der Waals surface area contributed by atoms with Crippen LogP contribution in [0.2, 0.25) is 0 Å². The summed E-state index contributed by atoms with van der Waals surface area (Å²) in [6.07, 6.45) is 6.11. The van der Waals surface area contributed by atoms with E-state index in [1.54, 1.807) is 7.11 Å². The number of unbranched alkanes of at least 4 members (excludes halogenated alkanes) is 1. The third-order valence-electron chi connectivity index (χ3n) is 3.92. The maximum Gasteiger partial charge on any atom is 0.123 e. The van der Waals surface area contributed by atoms with E-state index in [-0.39, 0.29) is 6.04 Å². The number of hydrogen-bond donors (Lipinski definition) is 1. The van der Waals surface area contributed by atoms with Crippen LogP contribution >= 0.6 is 0 Å². The van der Waals surface area contributed by atoms with Gasteiger partial charge < -0.3 is 10.5 Å². The molecule has 0 saturated heterocycles. The van der Waals surface area contributed by atoms with Crippen molar-refractivity contribution in [2.45, 2.75) is 58.9 Å². The van der Waals surface area contributed by atoms with E-state index in [1.165, 1.54) is 31.2 Å². The molecule has 2 heteroatoms. The molecular formula is C17H29NO. The van der Waals surface area contributed by atoms with E-state index < -0.39 is 0 Å². The first kappa shape index (κ1) is 16.0. The highest BCUT2D eigenvalue weighted by molar-refractivity contribution is 5.39. The van der Waals surface area contributed by atoms with Gasteiger partial charge in [-0.25, -0.2) is 0 Å². The Balaban J connectivity index is 2.75. The number of rotatable bonds is 8. The zero-order chi connectivity index (χ0) is 14.3. The van der Waals surface area contributed by atoms with Crippen LogP contribution in [0.5, 0.6) is 5.75 Å². The van der Waals surface area contributed by atoms with Crippen LogP contribution in [0.4, 0.5) is 0 Å². The summed E-state index contributed by atoms with van der Waals surface area (Å²) in [7, 11) is 1.72. The lowest BCUT2D eigenvalue weighted by Gasteiger charge is -2.22. The van der Waals surface area contributed by atoms with Crippen LogP contribution in [0.3, 0.4) is 0 Å². The number of aryl methyl sites for hydroxylation is 1. The smallest absolute Gasteiger partial charge is 0.123 e. The van der Waals surface area contributed by atoms with Crippen molar-refractivity contribution in [3.8, 4) is 5.75 Å². The van der Waals surface area contributed by atoms with E-state index in [2.05, 4.69) is 32.9 Å². The van der Waals surface area contributed by atoms with Gasteiger partial charge >= 0.3 is 0 Å². The monoisotopic (exact) mass is 263 g/mol. The van der Waals surface area contributed by atoms with Crippen LogP contribution in [0, 0.1) is 12.8 Å². The lowest BCUT2D eigenvalue weighted by Crippen LogP contribution is -2.16. The van der Waals surface area contributed by atoms with Crippen LogP contribution < -0.4 is 10.5 Å². The average molecular weight is 263 g/mol. The van der Waals surface area contributed by atoms with E-state index in [4.69, 9.17) is 10.5 Å². The number of hydrogen-bond acceptors (Lipinski definition) is 2. The molecule has 0 amide bonds. The molecule has 0 aliphatic carbocycles. The minimum Gasteiger partial charge on any atom is -0.496 e. The quantitative estimate of drug-likeness (QED) is 0.743. The molecule has 0 heterocycles. The Morgan fingerprint density at radius 3 is 2.58 bits per heavy atom. The molecule has 0 fully saturated rings. The Hall–Kier alpha value is -1.02. The van der Waals surface area contributed by atoms with Gasteiger partial charge in [0.25, 0.3) is 0 Å². The number of nitrogens with two attached hydrogens (primary N) is 1. The Morgan fingerprint density at radius 2 is 2.00 bits per heavy atom. The van der Waals surface area contributed by atoms with Gasteiger partial charge in [0.05, 0.1) is 7.11 Å². The fourth-order valence-corrected chi connectivity index (χ4v) is 2.61. The Labute approximate surface area is 118 Å².